The molecule has 29 heavy (non-hydrogen) atoms. The van der Waals surface area contributed by atoms with Gasteiger partial charge >= 0.3 is 0 Å². The number of pyridine rings is 2. The lowest BCUT2D eigenvalue weighted by Gasteiger charge is -2.15. The third-order valence-electron chi connectivity index (χ3n) is 4.79. The fourth-order valence-corrected chi connectivity index (χ4v) is 3.25. The molecule has 0 aromatic carbocycles. The van der Waals surface area contributed by atoms with E-state index in [-0.39, 0.29) is 11.2 Å². The van der Waals surface area contributed by atoms with Crippen LogP contribution in [0.15, 0.2) is 44.9 Å². The van der Waals surface area contributed by atoms with Gasteiger partial charge in [0.15, 0.2) is 23.0 Å². The number of aromatic nitrogens is 5. The van der Waals surface area contributed by atoms with Gasteiger partial charge in [-0.1, -0.05) is 5.16 Å². The Morgan fingerprint density at radius 1 is 1.28 bits per heavy atom. The second-order valence-electron chi connectivity index (χ2n) is 6.76. The molecule has 148 valence electrons. The molecule has 0 amide bonds. The first kappa shape index (κ1) is 18.7. The molecule has 0 saturated carbocycles. The fraction of sp³-hybridized carbons (Fsp3) is 0.250. The van der Waals surface area contributed by atoms with Crippen LogP contribution in [0.4, 0.5) is 10.1 Å². The summed E-state index contributed by atoms with van der Waals surface area (Å²) >= 11 is 0. The Bertz CT molecular complexity index is 1300. The predicted octanol–water partition coefficient (Wildman–Crippen LogP) is 3.63. The van der Waals surface area contributed by atoms with Crippen LogP contribution in [-0.4, -0.2) is 30.5 Å². The van der Waals surface area contributed by atoms with Gasteiger partial charge in [0.1, 0.15) is 0 Å². The molecular weight excluding hydrogens is 375 g/mol. The minimum absolute atomic E-state index is 0.0730. The van der Waals surface area contributed by atoms with Crippen molar-refractivity contribution in [2.45, 2.75) is 33.7 Å². The van der Waals surface area contributed by atoms with Crippen molar-refractivity contribution in [3.8, 4) is 11.3 Å². The summed E-state index contributed by atoms with van der Waals surface area (Å²) in [4.78, 5) is 17.0. The van der Waals surface area contributed by atoms with Crippen molar-refractivity contribution in [1.82, 2.24) is 24.3 Å². The molecule has 0 N–H and O–H groups in total. The summed E-state index contributed by atoms with van der Waals surface area (Å²) in [5.41, 5.74) is 2.20. The van der Waals surface area contributed by atoms with E-state index in [0.29, 0.717) is 34.1 Å². The van der Waals surface area contributed by atoms with Gasteiger partial charge in [-0.3, -0.25) is 14.2 Å². The van der Waals surface area contributed by atoms with Crippen LogP contribution < -0.4 is 5.56 Å². The highest BCUT2D eigenvalue weighted by Gasteiger charge is 2.21. The lowest BCUT2D eigenvalue weighted by Crippen LogP contribution is -2.26. The van der Waals surface area contributed by atoms with Crippen LogP contribution in [0.3, 0.4) is 0 Å². The van der Waals surface area contributed by atoms with E-state index < -0.39 is 11.9 Å². The summed E-state index contributed by atoms with van der Waals surface area (Å²) in [5.74, 6) is 0.314. The standard InChI is InChI=1S/C20H19FN6O2/c1-5-22-16-6-7-26(20(28)12(16)3)13(4)18-23-24-19-15(21)9-14(10-27(18)19)17-8-11(2)25-29-17/h5-10,13H,1-4H3/b22-5-/t13-/m0/s1. The van der Waals surface area contributed by atoms with Gasteiger partial charge in [0.25, 0.3) is 5.56 Å². The van der Waals surface area contributed by atoms with Crippen LogP contribution in [0, 0.1) is 19.7 Å². The molecular formula is C20H19FN6O2. The molecule has 4 rings (SSSR count). The molecule has 0 fully saturated rings. The molecule has 1 atom stereocenters. The number of halogens is 1. The molecule has 8 nitrogen and oxygen atoms in total. The van der Waals surface area contributed by atoms with Gasteiger partial charge in [-0.25, -0.2) is 4.39 Å². The Kier molecular flexibility index (Phi) is 4.57. The lowest BCUT2D eigenvalue weighted by atomic mass is 10.2. The first-order valence-corrected chi connectivity index (χ1v) is 9.09. The van der Waals surface area contributed by atoms with Crippen LogP contribution in [0.25, 0.3) is 17.0 Å². The van der Waals surface area contributed by atoms with Crippen LogP contribution >= 0.6 is 0 Å². The number of rotatable bonds is 4. The van der Waals surface area contributed by atoms with Crippen LogP contribution in [0.1, 0.15) is 37.0 Å². The molecule has 0 radical (unpaired) electrons. The minimum Gasteiger partial charge on any atom is -0.356 e. The van der Waals surface area contributed by atoms with Gasteiger partial charge in [-0.2, -0.15) is 0 Å². The van der Waals surface area contributed by atoms with Gasteiger partial charge < -0.3 is 9.09 Å². The Balaban J connectivity index is 1.85. The molecule has 0 saturated heterocycles. The van der Waals surface area contributed by atoms with Crippen molar-refractivity contribution in [3.05, 3.63) is 63.8 Å². The molecule has 0 aliphatic heterocycles. The van der Waals surface area contributed by atoms with Crippen molar-refractivity contribution < 1.29 is 8.91 Å². The normalized spacial score (nSPS) is 12.9. The van der Waals surface area contributed by atoms with Crippen LogP contribution in [0.5, 0.6) is 0 Å². The van der Waals surface area contributed by atoms with Crippen molar-refractivity contribution >= 4 is 17.5 Å². The minimum atomic E-state index is -0.543. The summed E-state index contributed by atoms with van der Waals surface area (Å²) in [6.45, 7) is 7.11. The maximum absolute atomic E-state index is 14.6. The van der Waals surface area contributed by atoms with E-state index in [9.17, 15) is 9.18 Å². The van der Waals surface area contributed by atoms with E-state index in [1.807, 2.05) is 6.92 Å². The third kappa shape index (κ3) is 3.14. The molecule has 4 heterocycles. The molecule has 4 aromatic heterocycles. The van der Waals surface area contributed by atoms with E-state index in [4.69, 9.17) is 4.52 Å². The first-order valence-electron chi connectivity index (χ1n) is 9.09. The van der Waals surface area contributed by atoms with E-state index in [1.54, 1.807) is 51.5 Å². The van der Waals surface area contributed by atoms with E-state index in [2.05, 4.69) is 20.3 Å². The van der Waals surface area contributed by atoms with Gasteiger partial charge in [-0.05, 0) is 39.8 Å². The number of fused-ring (bicyclic) bond motifs is 1. The second kappa shape index (κ2) is 7.08. The highest BCUT2D eigenvalue weighted by atomic mass is 19.1. The third-order valence-corrected chi connectivity index (χ3v) is 4.79. The lowest BCUT2D eigenvalue weighted by molar-refractivity contribution is 0.426. The topological polar surface area (TPSA) is 90.6 Å². The molecule has 0 unspecified atom stereocenters. The summed E-state index contributed by atoms with van der Waals surface area (Å²) in [6.07, 6.45) is 4.97. The first-order chi connectivity index (χ1) is 13.9. The Morgan fingerprint density at radius 3 is 2.76 bits per heavy atom. The quantitative estimate of drug-likeness (QED) is 0.493. The Hall–Kier alpha value is -3.62. The SMILES string of the molecule is C/C=N\c1ccn([C@@H](C)c2nnc3c(F)cc(-c4cc(C)no4)cn23)c(=O)c1C. The van der Waals surface area contributed by atoms with Crippen molar-refractivity contribution in [2.75, 3.05) is 0 Å². The Labute approximate surface area is 165 Å². The fourth-order valence-electron chi connectivity index (χ4n) is 3.25. The van der Waals surface area contributed by atoms with Crippen molar-refractivity contribution in [1.29, 1.82) is 0 Å². The van der Waals surface area contributed by atoms with E-state index in [1.165, 1.54) is 15.0 Å². The van der Waals surface area contributed by atoms with Gasteiger partial charge in [0.05, 0.1) is 17.4 Å². The highest BCUT2D eigenvalue weighted by Crippen LogP contribution is 2.25. The molecule has 9 heteroatoms. The number of hydrogen-bond acceptors (Lipinski definition) is 6. The largest absolute Gasteiger partial charge is 0.356 e. The maximum atomic E-state index is 14.6. The van der Waals surface area contributed by atoms with Crippen molar-refractivity contribution in [2.24, 2.45) is 4.99 Å². The zero-order valence-corrected chi connectivity index (χ0v) is 16.4. The maximum Gasteiger partial charge on any atom is 0.256 e. The zero-order chi connectivity index (χ0) is 20.7. The molecule has 0 spiro atoms. The monoisotopic (exact) mass is 394 g/mol. The zero-order valence-electron chi connectivity index (χ0n) is 16.4. The summed E-state index contributed by atoms with van der Waals surface area (Å²) in [5, 5.41) is 11.9. The molecule has 0 aliphatic carbocycles. The number of aliphatic imine (C=N–C) groups is 1. The highest BCUT2D eigenvalue weighted by molar-refractivity contribution is 5.62. The van der Waals surface area contributed by atoms with Gasteiger partial charge in [0, 0.05) is 35.8 Å². The van der Waals surface area contributed by atoms with Crippen LogP contribution in [0.2, 0.25) is 0 Å². The summed E-state index contributed by atoms with van der Waals surface area (Å²) < 4.78 is 22.9. The number of hydrogen-bond donors (Lipinski definition) is 0. The van der Waals surface area contributed by atoms with Gasteiger partial charge in [0.2, 0.25) is 0 Å². The van der Waals surface area contributed by atoms with E-state index in [0.717, 1.165) is 0 Å². The average molecular weight is 394 g/mol. The second-order valence-corrected chi connectivity index (χ2v) is 6.76. The number of nitrogens with zero attached hydrogens (tertiary/aromatic N) is 6. The average Bonchev–Trinajstić information content (AvgIpc) is 3.32. The smallest absolute Gasteiger partial charge is 0.256 e. The molecule has 0 bridgehead atoms. The summed E-state index contributed by atoms with van der Waals surface area (Å²) in [7, 11) is 0. The molecule has 0 aliphatic rings. The van der Waals surface area contributed by atoms with E-state index >= 15 is 0 Å². The predicted molar refractivity (Wildman–Crippen MR) is 106 cm³/mol. The van der Waals surface area contributed by atoms with Crippen molar-refractivity contribution in [3.63, 3.8) is 0 Å². The Morgan fingerprint density at radius 2 is 2.07 bits per heavy atom. The van der Waals surface area contributed by atoms with Crippen LogP contribution in [-0.2, 0) is 0 Å². The summed E-state index contributed by atoms with van der Waals surface area (Å²) in [6, 6.07) is 4.32. The van der Waals surface area contributed by atoms with Gasteiger partial charge in [-0.15, -0.1) is 10.2 Å². The number of aryl methyl sites for hydroxylation is 1. The molecule has 4 aromatic rings.